The van der Waals surface area contributed by atoms with Gasteiger partial charge < -0.3 is 9.47 Å². The van der Waals surface area contributed by atoms with E-state index in [1.165, 1.54) is 0 Å². The third-order valence-corrected chi connectivity index (χ3v) is 2.86. The molecule has 4 heteroatoms. The lowest BCUT2D eigenvalue weighted by Crippen LogP contribution is -2.13. The zero-order valence-corrected chi connectivity index (χ0v) is 11.9. The fraction of sp³-hybridized carbons (Fsp3) is 0.750. The number of alkyl halides is 1. The van der Waals surface area contributed by atoms with Gasteiger partial charge in [-0.3, -0.25) is 0 Å². The van der Waals surface area contributed by atoms with Gasteiger partial charge in [0.15, 0.2) is 0 Å². The average Bonchev–Trinajstić information content (AvgIpc) is 2.30. The third-order valence-electron chi connectivity index (χ3n) is 2.25. The molecule has 0 aromatic rings. The minimum atomic E-state index is -0.271. The maximum atomic E-state index is 11.4. The van der Waals surface area contributed by atoms with Gasteiger partial charge in [-0.25, -0.2) is 4.79 Å². The molecule has 0 aliphatic rings. The quantitative estimate of drug-likeness (QED) is 0.392. The zero-order valence-electron chi connectivity index (χ0n) is 10.3. The van der Waals surface area contributed by atoms with Crippen LogP contribution in [0, 0.1) is 0 Å². The molecular weight excluding hydrogens is 272 g/mol. The molecule has 0 N–H and O–H groups in total. The van der Waals surface area contributed by atoms with Crippen molar-refractivity contribution in [2.24, 2.45) is 0 Å². The van der Waals surface area contributed by atoms with Crippen LogP contribution in [0.5, 0.6) is 0 Å². The summed E-state index contributed by atoms with van der Waals surface area (Å²) < 4.78 is 10.5. The molecule has 0 rings (SSSR count). The predicted octanol–water partition coefficient (Wildman–Crippen LogP) is 3.08. The SMILES string of the molecule is CCOC(=O)/C(=C/COC(CC)CC)CBr. The second kappa shape index (κ2) is 9.85. The molecule has 0 atom stereocenters. The lowest BCUT2D eigenvalue weighted by atomic mass is 10.2. The van der Waals surface area contributed by atoms with E-state index in [0.29, 0.717) is 24.1 Å². The molecule has 0 fully saturated rings. The molecule has 0 heterocycles. The molecule has 0 saturated carbocycles. The van der Waals surface area contributed by atoms with Gasteiger partial charge in [0.1, 0.15) is 0 Å². The second-order valence-electron chi connectivity index (χ2n) is 3.36. The topological polar surface area (TPSA) is 35.5 Å². The Morgan fingerprint density at radius 2 is 1.94 bits per heavy atom. The predicted molar refractivity (Wildman–Crippen MR) is 68.8 cm³/mol. The first kappa shape index (κ1) is 15.7. The molecule has 0 aliphatic carbocycles. The summed E-state index contributed by atoms with van der Waals surface area (Å²) in [4.78, 5) is 11.4. The van der Waals surface area contributed by atoms with E-state index in [9.17, 15) is 4.79 Å². The van der Waals surface area contributed by atoms with E-state index in [2.05, 4.69) is 29.8 Å². The minimum absolute atomic E-state index is 0.271. The number of carbonyl (C=O) groups excluding carboxylic acids is 1. The normalized spacial score (nSPS) is 11.9. The van der Waals surface area contributed by atoms with Gasteiger partial charge in [0.25, 0.3) is 0 Å². The van der Waals surface area contributed by atoms with Crippen LogP contribution in [-0.2, 0) is 14.3 Å². The summed E-state index contributed by atoms with van der Waals surface area (Å²) in [6.45, 7) is 6.84. The summed E-state index contributed by atoms with van der Waals surface area (Å²) in [5.41, 5.74) is 0.618. The molecule has 0 aromatic heterocycles. The summed E-state index contributed by atoms with van der Waals surface area (Å²) in [6.07, 6.45) is 4.04. The van der Waals surface area contributed by atoms with E-state index in [-0.39, 0.29) is 12.1 Å². The first-order valence-electron chi connectivity index (χ1n) is 5.73. The van der Waals surface area contributed by atoms with Crippen molar-refractivity contribution in [3.63, 3.8) is 0 Å². The third kappa shape index (κ3) is 6.28. The molecule has 16 heavy (non-hydrogen) atoms. The monoisotopic (exact) mass is 292 g/mol. The van der Waals surface area contributed by atoms with Crippen molar-refractivity contribution < 1.29 is 14.3 Å². The summed E-state index contributed by atoms with van der Waals surface area (Å²) >= 11 is 3.26. The number of halogens is 1. The van der Waals surface area contributed by atoms with E-state index < -0.39 is 0 Å². The van der Waals surface area contributed by atoms with Gasteiger partial charge in [0.05, 0.1) is 19.3 Å². The van der Waals surface area contributed by atoms with Crippen molar-refractivity contribution in [1.29, 1.82) is 0 Å². The Hall–Kier alpha value is -0.350. The van der Waals surface area contributed by atoms with Crippen molar-refractivity contribution >= 4 is 21.9 Å². The molecule has 0 radical (unpaired) electrons. The number of hydrogen-bond donors (Lipinski definition) is 0. The summed E-state index contributed by atoms with van der Waals surface area (Å²) in [7, 11) is 0. The maximum absolute atomic E-state index is 11.4. The van der Waals surface area contributed by atoms with Gasteiger partial charge in [-0.2, -0.15) is 0 Å². The highest BCUT2D eigenvalue weighted by Crippen LogP contribution is 2.06. The molecule has 0 bridgehead atoms. The molecule has 3 nitrogen and oxygen atoms in total. The Bertz CT molecular complexity index is 222. The Labute approximate surface area is 106 Å². The van der Waals surface area contributed by atoms with Crippen LogP contribution in [0.3, 0.4) is 0 Å². The van der Waals surface area contributed by atoms with E-state index in [1.807, 2.05) is 0 Å². The maximum Gasteiger partial charge on any atom is 0.334 e. The van der Waals surface area contributed by atoms with Gasteiger partial charge in [-0.05, 0) is 25.8 Å². The highest BCUT2D eigenvalue weighted by atomic mass is 79.9. The van der Waals surface area contributed by atoms with E-state index >= 15 is 0 Å². The van der Waals surface area contributed by atoms with Crippen LogP contribution < -0.4 is 0 Å². The molecular formula is C12H21BrO3. The Kier molecular flexibility index (Phi) is 9.63. The fourth-order valence-corrected chi connectivity index (χ4v) is 1.68. The van der Waals surface area contributed by atoms with E-state index in [0.717, 1.165) is 12.8 Å². The minimum Gasteiger partial charge on any atom is -0.463 e. The van der Waals surface area contributed by atoms with Crippen molar-refractivity contribution in [3.05, 3.63) is 11.6 Å². The molecule has 0 aromatic carbocycles. The van der Waals surface area contributed by atoms with E-state index in [4.69, 9.17) is 9.47 Å². The number of ether oxygens (including phenoxy) is 2. The van der Waals surface area contributed by atoms with Gasteiger partial charge in [-0.15, -0.1) is 0 Å². The van der Waals surface area contributed by atoms with Crippen LogP contribution in [0.1, 0.15) is 33.6 Å². The van der Waals surface area contributed by atoms with Crippen LogP contribution in [-0.4, -0.2) is 30.6 Å². The Morgan fingerprint density at radius 3 is 2.38 bits per heavy atom. The largest absolute Gasteiger partial charge is 0.463 e. The van der Waals surface area contributed by atoms with Gasteiger partial charge >= 0.3 is 5.97 Å². The van der Waals surface area contributed by atoms with Crippen LogP contribution in [0.15, 0.2) is 11.6 Å². The summed E-state index contributed by atoms with van der Waals surface area (Å²) in [5, 5.41) is 0.498. The molecule has 0 saturated heterocycles. The Balaban J connectivity index is 4.11. The summed E-state index contributed by atoms with van der Waals surface area (Å²) in [6, 6.07) is 0. The highest BCUT2D eigenvalue weighted by Gasteiger charge is 2.09. The number of rotatable bonds is 8. The Morgan fingerprint density at radius 1 is 1.31 bits per heavy atom. The average molecular weight is 293 g/mol. The lowest BCUT2D eigenvalue weighted by molar-refractivity contribution is -0.138. The van der Waals surface area contributed by atoms with Crippen molar-refractivity contribution in [1.82, 2.24) is 0 Å². The van der Waals surface area contributed by atoms with Crippen molar-refractivity contribution in [2.45, 2.75) is 39.7 Å². The van der Waals surface area contributed by atoms with Crippen LogP contribution >= 0.6 is 15.9 Å². The van der Waals surface area contributed by atoms with Gasteiger partial charge in [0, 0.05) is 10.9 Å². The first-order valence-corrected chi connectivity index (χ1v) is 6.85. The zero-order chi connectivity index (χ0) is 12.4. The summed E-state index contributed by atoms with van der Waals surface area (Å²) in [5.74, 6) is -0.271. The van der Waals surface area contributed by atoms with Crippen LogP contribution in [0.25, 0.3) is 0 Å². The van der Waals surface area contributed by atoms with E-state index in [1.54, 1.807) is 13.0 Å². The van der Waals surface area contributed by atoms with Crippen molar-refractivity contribution in [2.75, 3.05) is 18.5 Å². The first-order chi connectivity index (χ1) is 7.69. The van der Waals surface area contributed by atoms with Gasteiger partial charge in [-0.1, -0.05) is 29.8 Å². The smallest absolute Gasteiger partial charge is 0.334 e. The highest BCUT2D eigenvalue weighted by molar-refractivity contribution is 9.09. The fourth-order valence-electron chi connectivity index (χ4n) is 1.23. The van der Waals surface area contributed by atoms with Crippen molar-refractivity contribution in [3.8, 4) is 0 Å². The number of hydrogen-bond acceptors (Lipinski definition) is 3. The molecule has 0 unspecified atom stereocenters. The standard InChI is InChI=1S/C12H21BrO3/c1-4-11(5-2)16-8-7-10(9-13)12(14)15-6-3/h7,11H,4-6,8-9H2,1-3H3/b10-7+. The number of esters is 1. The molecule has 0 aliphatic heterocycles. The van der Waals surface area contributed by atoms with Crippen LogP contribution in [0.4, 0.5) is 0 Å². The molecule has 94 valence electrons. The number of carbonyl (C=O) groups is 1. The molecule has 0 amide bonds. The second-order valence-corrected chi connectivity index (χ2v) is 3.92. The lowest BCUT2D eigenvalue weighted by Gasteiger charge is -2.12. The molecule has 0 spiro atoms. The van der Waals surface area contributed by atoms with Gasteiger partial charge in [0.2, 0.25) is 0 Å². The van der Waals surface area contributed by atoms with Crippen LogP contribution in [0.2, 0.25) is 0 Å².